The standard InChI is InChI=1S/3FH.K.Nb.O/h3*1H;;;. The molecule has 0 fully saturated rings. The van der Waals surface area contributed by atoms with Crippen LogP contribution in [0.2, 0.25) is 0 Å². The van der Waals surface area contributed by atoms with E-state index in [9.17, 15) is 0 Å². The molecule has 1 nitrogen and oxygen atoms in total. The summed E-state index contributed by atoms with van der Waals surface area (Å²) in [7, 11) is 0. The predicted molar refractivity (Wildman–Crippen MR) is 13.9 cm³/mol. The number of hydrogen-bond acceptors (Lipinski definition) is 1. The maximum atomic E-state index is 8.30. The average molecular weight is 208 g/mol. The molecule has 6 heteroatoms. The second-order valence-corrected chi connectivity index (χ2v) is 0. The van der Waals surface area contributed by atoms with Gasteiger partial charge in [0.25, 0.3) is 0 Å². The molecule has 0 spiro atoms. The van der Waals surface area contributed by atoms with E-state index < -0.39 is 0 Å². The Morgan fingerprint density at radius 3 is 0.833 bits per heavy atom. The second-order valence-electron chi connectivity index (χ2n) is 0. The first-order valence-corrected chi connectivity index (χ1v) is 1.08. The van der Waals surface area contributed by atoms with Crippen molar-refractivity contribution in [2.45, 2.75) is 0 Å². The van der Waals surface area contributed by atoms with Gasteiger partial charge in [0.1, 0.15) is 0 Å². The van der Waals surface area contributed by atoms with Crippen molar-refractivity contribution in [3.05, 3.63) is 0 Å². The molecule has 6 heavy (non-hydrogen) atoms. The minimum absolute atomic E-state index is 0. The first kappa shape index (κ1) is 43.9. The molecule has 0 aliphatic heterocycles. The summed E-state index contributed by atoms with van der Waals surface area (Å²) in [5, 5.41) is 0. The summed E-state index contributed by atoms with van der Waals surface area (Å²) in [6.07, 6.45) is 0. The summed E-state index contributed by atoms with van der Waals surface area (Å²) in [5.74, 6) is 0. The zero-order valence-electron chi connectivity index (χ0n) is 3.08. The Bertz CT molecular complexity index is 10.8. The van der Waals surface area contributed by atoms with E-state index in [1.54, 1.807) is 0 Å². The number of halogens is 3. The molecule has 0 bridgehead atoms. The van der Waals surface area contributed by atoms with Gasteiger partial charge >= 0.3 is 24.3 Å². The zero-order valence-corrected chi connectivity index (χ0v) is 8.40. The van der Waals surface area contributed by atoms with Crippen LogP contribution in [-0.4, -0.2) is 51.4 Å². The van der Waals surface area contributed by atoms with Gasteiger partial charge in [-0.1, -0.05) is 0 Å². The predicted octanol–water partition coefficient (Wildman–Crippen LogP) is -0.0446. The van der Waals surface area contributed by atoms with Crippen molar-refractivity contribution in [3.8, 4) is 0 Å². The third-order valence-electron chi connectivity index (χ3n) is 0. The van der Waals surface area contributed by atoms with E-state index in [2.05, 4.69) is 0 Å². The van der Waals surface area contributed by atoms with Crippen LogP contribution in [0.4, 0.5) is 14.1 Å². The Morgan fingerprint density at radius 1 is 0.833 bits per heavy atom. The van der Waals surface area contributed by atoms with Crippen LogP contribution < -0.4 is 0 Å². The normalized spacial score (nSPS) is 0.500. The van der Waals surface area contributed by atoms with Crippen molar-refractivity contribution in [3.63, 3.8) is 0 Å². The molecule has 0 atom stereocenters. The summed E-state index contributed by atoms with van der Waals surface area (Å²) in [6.45, 7) is 0. The summed E-state index contributed by atoms with van der Waals surface area (Å²) >= 11 is 0.500. The van der Waals surface area contributed by atoms with Crippen molar-refractivity contribution in [1.82, 2.24) is 0 Å². The van der Waals surface area contributed by atoms with Gasteiger partial charge in [0, 0.05) is 51.4 Å². The van der Waals surface area contributed by atoms with Crippen LogP contribution in [0.3, 0.4) is 0 Å². The van der Waals surface area contributed by atoms with Crippen LogP contribution in [0.1, 0.15) is 0 Å². The fourth-order valence-corrected chi connectivity index (χ4v) is 0. The van der Waals surface area contributed by atoms with Gasteiger partial charge in [-0.05, 0) is 0 Å². The molecule has 0 heterocycles. The van der Waals surface area contributed by atoms with Crippen LogP contribution in [0, 0.1) is 0 Å². The number of hydrogen-bond donors (Lipinski definition) is 0. The Hall–Kier alpha value is 1.97. The Balaban J connectivity index is -0.000000000833. The van der Waals surface area contributed by atoms with E-state index in [0.717, 1.165) is 0 Å². The molecule has 36 valence electrons. The summed E-state index contributed by atoms with van der Waals surface area (Å²) in [6, 6.07) is 0. The molecule has 0 N–H and O–H groups in total. The third kappa shape index (κ3) is 38.1. The first-order valence-electron chi connectivity index (χ1n) is 0.183. The molecule has 0 amide bonds. The first-order chi connectivity index (χ1) is 1.00. The fraction of sp³-hybridized carbons (Fsp3) is 0. The second kappa shape index (κ2) is 64.1. The van der Waals surface area contributed by atoms with Crippen LogP contribution in [0.15, 0.2) is 0 Å². The molecule has 0 saturated carbocycles. The Kier molecular flexibility index (Phi) is 470. The van der Waals surface area contributed by atoms with Crippen molar-refractivity contribution in [1.29, 1.82) is 0 Å². The van der Waals surface area contributed by atoms with Gasteiger partial charge in [-0.15, -0.1) is 0 Å². The van der Waals surface area contributed by atoms with Gasteiger partial charge in [0.2, 0.25) is 0 Å². The van der Waals surface area contributed by atoms with Crippen molar-refractivity contribution < 1.29 is 38.4 Å². The zero-order chi connectivity index (χ0) is 2.00. The SMILES string of the molecule is F.F.F.[K].[O]=[Nb]. The summed E-state index contributed by atoms with van der Waals surface area (Å²) < 4.78 is 8.30. The van der Waals surface area contributed by atoms with Gasteiger partial charge in [0.05, 0.1) is 0 Å². The van der Waals surface area contributed by atoms with E-state index in [4.69, 9.17) is 3.25 Å². The van der Waals surface area contributed by atoms with Crippen LogP contribution in [0.25, 0.3) is 0 Å². The van der Waals surface area contributed by atoms with Gasteiger partial charge < -0.3 is 0 Å². The van der Waals surface area contributed by atoms with Crippen LogP contribution in [0.5, 0.6) is 0 Å². The fourth-order valence-electron chi connectivity index (χ4n) is 0. The quantitative estimate of drug-likeness (QED) is 0.510. The van der Waals surface area contributed by atoms with E-state index in [-0.39, 0.29) is 65.5 Å². The molecule has 0 aromatic heterocycles. The molecule has 0 aromatic carbocycles. The van der Waals surface area contributed by atoms with E-state index in [1.807, 2.05) is 0 Å². The molecule has 1 radical (unpaired) electrons. The van der Waals surface area contributed by atoms with E-state index in [1.165, 1.54) is 0 Å². The topological polar surface area (TPSA) is 17.1 Å². The van der Waals surface area contributed by atoms with Crippen LogP contribution >= 0.6 is 0 Å². The molecule has 0 aliphatic carbocycles. The van der Waals surface area contributed by atoms with E-state index in [0.29, 0.717) is 21.0 Å². The van der Waals surface area contributed by atoms with Gasteiger partial charge in [-0.25, -0.2) is 0 Å². The van der Waals surface area contributed by atoms with E-state index >= 15 is 0 Å². The molecule has 0 aromatic rings. The Morgan fingerprint density at radius 2 is 0.833 bits per heavy atom. The molecular formula is H3F3KNbO. The van der Waals surface area contributed by atoms with Gasteiger partial charge in [0.15, 0.2) is 0 Å². The molecule has 0 unspecified atom stereocenters. The van der Waals surface area contributed by atoms with Crippen LogP contribution in [-0.2, 0) is 24.3 Å². The molecule has 0 saturated heterocycles. The van der Waals surface area contributed by atoms with Crippen molar-refractivity contribution >= 4 is 51.4 Å². The summed E-state index contributed by atoms with van der Waals surface area (Å²) in [4.78, 5) is 0. The minimum atomic E-state index is 0. The molecule has 0 rings (SSSR count). The summed E-state index contributed by atoms with van der Waals surface area (Å²) in [5.41, 5.74) is 0. The average Bonchev–Trinajstić information content (AvgIpc) is 1.00. The Labute approximate surface area is 88.0 Å². The van der Waals surface area contributed by atoms with Gasteiger partial charge in [-0.3, -0.25) is 14.1 Å². The third-order valence-corrected chi connectivity index (χ3v) is 0. The van der Waals surface area contributed by atoms with Crippen molar-refractivity contribution in [2.75, 3.05) is 0 Å². The maximum absolute atomic E-state index is 8.30. The molecular weight excluding hydrogens is 205 g/mol. The molecule has 0 aliphatic rings. The van der Waals surface area contributed by atoms with Crippen molar-refractivity contribution in [2.24, 2.45) is 0 Å². The number of rotatable bonds is 0. The monoisotopic (exact) mass is 208 g/mol. The van der Waals surface area contributed by atoms with Gasteiger partial charge in [-0.2, -0.15) is 0 Å².